The Morgan fingerprint density at radius 1 is 1.15 bits per heavy atom. The van der Waals surface area contributed by atoms with Gasteiger partial charge in [0.15, 0.2) is 17.1 Å². The molecule has 0 aliphatic heterocycles. The Balaban J connectivity index is 1.75. The highest BCUT2D eigenvalue weighted by Gasteiger charge is 2.19. The highest BCUT2D eigenvalue weighted by molar-refractivity contribution is 9.10. The summed E-state index contributed by atoms with van der Waals surface area (Å²) < 4.78 is 10.2. The molecule has 1 heterocycles. The first kappa shape index (κ1) is 20.2. The Kier molecular flexibility index (Phi) is 7.15. The molecule has 7 heteroatoms. The predicted octanol–water partition coefficient (Wildman–Crippen LogP) is 6.42. The molecular formula is C20H19Br2N3OS. The van der Waals surface area contributed by atoms with Crippen molar-refractivity contribution in [3.63, 3.8) is 0 Å². The maximum Gasteiger partial charge on any atom is 0.191 e. The van der Waals surface area contributed by atoms with E-state index >= 15 is 0 Å². The molecular weight excluding hydrogens is 490 g/mol. The lowest BCUT2D eigenvalue weighted by molar-refractivity contribution is 0.210. The topological polar surface area (TPSA) is 39.9 Å². The van der Waals surface area contributed by atoms with E-state index in [1.54, 1.807) is 11.8 Å². The van der Waals surface area contributed by atoms with Crippen LogP contribution in [0.15, 0.2) is 75.3 Å². The average molecular weight is 509 g/mol. The van der Waals surface area contributed by atoms with Crippen molar-refractivity contribution < 1.29 is 4.74 Å². The minimum atomic E-state index is -0.223. The molecule has 3 aromatic rings. The van der Waals surface area contributed by atoms with Crippen LogP contribution in [-0.4, -0.2) is 14.8 Å². The number of benzene rings is 2. The van der Waals surface area contributed by atoms with Crippen LogP contribution < -0.4 is 4.74 Å². The van der Waals surface area contributed by atoms with Crippen LogP contribution >= 0.6 is 43.6 Å². The van der Waals surface area contributed by atoms with Crippen molar-refractivity contribution in [2.24, 2.45) is 0 Å². The van der Waals surface area contributed by atoms with Crippen molar-refractivity contribution in [2.45, 2.75) is 30.5 Å². The maximum atomic E-state index is 6.04. The molecule has 27 heavy (non-hydrogen) atoms. The van der Waals surface area contributed by atoms with Crippen LogP contribution in [0.5, 0.6) is 5.75 Å². The molecule has 2 aromatic carbocycles. The fourth-order valence-corrected chi connectivity index (χ4v) is 4.16. The lowest BCUT2D eigenvalue weighted by Crippen LogP contribution is -2.12. The smallest absolute Gasteiger partial charge is 0.191 e. The summed E-state index contributed by atoms with van der Waals surface area (Å²) in [6.45, 7) is 6.48. The van der Waals surface area contributed by atoms with Gasteiger partial charge in [-0.2, -0.15) is 0 Å². The third kappa shape index (κ3) is 5.46. The summed E-state index contributed by atoms with van der Waals surface area (Å²) in [5.41, 5.74) is 1.23. The number of nitrogens with zero attached hydrogens (tertiary/aromatic N) is 3. The molecule has 0 fully saturated rings. The van der Waals surface area contributed by atoms with Crippen molar-refractivity contribution in [2.75, 3.05) is 0 Å². The number of ether oxygens (including phenoxy) is 1. The molecule has 1 aromatic heterocycles. The maximum absolute atomic E-state index is 6.04. The van der Waals surface area contributed by atoms with E-state index in [9.17, 15) is 0 Å². The van der Waals surface area contributed by atoms with E-state index in [0.717, 1.165) is 31.4 Å². The van der Waals surface area contributed by atoms with E-state index in [1.165, 1.54) is 5.56 Å². The van der Waals surface area contributed by atoms with E-state index < -0.39 is 0 Å². The molecule has 0 aliphatic carbocycles. The fraction of sp³-hybridized carbons (Fsp3) is 0.200. The Labute approximate surface area is 180 Å². The number of halogens is 2. The molecule has 0 saturated carbocycles. The SMILES string of the molecule is C=CCn1c(SCc2cccc(Br)c2)nnc1C(C)Oc1ccc(Br)cc1. The lowest BCUT2D eigenvalue weighted by Gasteiger charge is -2.15. The van der Waals surface area contributed by atoms with E-state index in [4.69, 9.17) is 4.74 Å². The van der Waals surface area contributed by atoms with Crippen LogP contribution in [0.4, 0.5) is 0 Å². The van der Waals surface area contributed by atoms with Crippen molar-refractivity contribution in [1.82, 2.24) is 14.8 Å². The number of hydrogen-bond acceptors (Lipinski definition) is 4. The van der Waals surface area contributed by atoms with Crippen molar-refractivity contribution in [3.8, 4) is 5.75 Å². The van der Waals surface area contributed by atoms with E-state index in [2.05, 4.69) is 65.3 Å². The van der Waals surface area contributed by atoms with Crippen LogP contribution in [0.3, 0.4) is 0 Å². The van der Waals surface area contributed by atoms with Gasteiger partial charge in [0.05, 0.1) is 0 Å². The third-order valence-corrected chi connectivity index (χ3v) is 5.86. The molecule has 0 spiro atoms. The Morgan fingerprint density at radius 3 is 2.63 bits per heavy atom. The summed E-state index contributed by atoms with van der Waals surface area (Å²) in [7, 11) is 0. The van der Waals surface area contributed by atoms with Gasteiger partial charge in [0.2, 0.25) is 0 Å². The summed E-state index contributed by atoms with van der Waals surface area (Å²) in [6.07, 6.45) is 1.63. The monoisotopic (exact) mass is 507 g/mol. The molecule has 4 nitrogen and oxygen atoms in total. The Hall–Kier alpha value is -1.57. The molecule has 0 amide bonds. The van der Waals surface area contributed by atoms with Gasteiger partial charge in [-0.05, 0) is 48.9 Å². The third-order valence-electron chi connectivity index (χ3n) is 3.80. The largest absolute Gasteiger partial charge is 0.483 e. The van der Waals surface area contributed by atoms with Crippen LogP contribution in [0, 0.1) is 0 Å². The minimum Gasteiger partial charge on any atom is -0.483 e. The van der Waals surface area contributed by atoms with E-state index in [1.807, 2.05) is 49.4 Å². The van der Waals surface area contributed by atoms with Gasteiger partial charge >= 0.3 is 0 Å². The lowest BCUT2D eigenvalue weighted by atomic mass is 10.2. The van der Waals surface area contributed by atoms with Gasteiger partial charge in [0, 0.05) is 21.2 Å². The molecule has 0 N–H and O–H groups in total. The zero-order chi connectivity index (χ0) is 19.2. The molecule has 3 rings (SSSR count). The van der Waals surface area contributed by atoms with Gasteiger partial charge in [-0.15, -0.1) is 16.8 Å². The first-order chi connectivity index (χ1) is 13.1. The van der Waals surface area contributed by atoms with Crippen LogP contribution in [0.25, 0.3) is 0 Å². The van der Waals surface area contributed by atoms with E-state index in [-0.39, 0.29) is 6.10 Å². The number of aromatic nitrogens is 3. The second kappa shape index (κ2) is 9.57. The molecule has 0 bridgehead atoms. The zero-order valence-electron chi connectivity index (χ0n) is 14.8. The average Bonchev–Trinajstić information content (AvgIpc) is 3.05. The zero-order valence-corrected chi connectivity index (χ0v) is 18.8. The Bertz CT molecular complexity index is 912. The first-order valence-electron chi connectivity index (χ1n) is 8.40. The second-order valence-corrected chi connectivity index (χ2v) is 8.65. The standard InChI is InChI=1S/C20H19Br2N3OS/c1-3-11-25-19(14(2)26-18-9-7-16(21)8-10-18)23-24-20(25)27-13-15-5-4-6-17(22)12-15/h3-10,12,14H,1,11,13H2,2H3. The fourth-order valence-electron chi connectivity index (χ4n) is 2.55. The minimum absolute atomic E-state index is 0.223. The molecule has 0 radical (unpaired) electrons. The summed E-state index contributed by atoms with van der Waals surface area (Å²) in [4.78, 5) is 0. The first-order valence-corrected chi connectivity index (χ1v) is 11.0. The molecule has 1 atom stereocenters. The van der Waals surface area contributed by atoms with Crippen molar-refractivity contribution in [3.05, 3.63) is 81.5 Å². The van der Waals surface area contributed by atoms with Gasteiger partial charge in [-0.3, -0.25) is 4.57 Å². The summed E-state index contributed by atoms with van der Waals surface area (Å²) in [5, 5.41) is 9.61. The van der Waals surface area contributed by atoms with Gasteiger partial charge in [-0.25, -0.2) is 0 Å². The van der Waals surface area contributed by atoms with Crippen molar-refractivity contribution in [1.29, 1.82) is 0 Å². The quantitative estimate of drug-likeness (QED) is 0.260. The van der Waals surface area contributed by atoms with Gasteiger partial charge in [-0.1, -0.05) is 61.8 Å². The molecule has 140 valence electrons. The van der Waals surface area contributed by atoms with Crippen LogP contribution in [0.1, 0.15) is 24.4 Å². The van der Waals surface area contributed by atoms with Crippen LogP contribution in [-0.2, 0) is 12.3 Å². The number of hydrogen-bond donors (Lipinski definition) is 0. The van der Waals surface area contributed by atoms with E-state index in [0.29, 0.717) is 6.54 Å². The Morgan fingerprint density at radius 2 is 1.93 bits per heavy atom. The summed E-state index contributed by atoms with van der Waals surface area (Å²) >= 11 is 8.60. The van der Waals surface area contributed by atoms with Gasteiger partial charge in [0.25, 0.3) is 0 Å². The van der Waals surface area contributed by atoms with Gasteiger partial charge < -0.3 is 4.74 Å². The summed E-state index contributed by atoms with van der Waals surface area (Å²) in [5.74, 6) is 2.40. The van der Waals surface area contributed by atoms with Crippen LogP contribution in [0.2, 0.25) is 0 Å². The predicted molar refractivity (Wildman–Crippen MR) is 117 cm³/mol. The highest BCUT2D eigenvalue weighted by atomic mass is 79.9. The number of allylic oxidation sites excluding steroid dienone is 1. The van der Waals surface area contributed by atoms with Gasteiger partial charge in [0.1, 0.15) is 5.75 Å². The second-order valence-electron chi connectivity index (χ2n) is 5.87. The van der Waals surface area contributed by atoms with Crippen molar-refractivity contribution >= 4 is 43.6 Å². The number of thioether (sulfide) groups is 1. The summed E-state index contributed by atoms with van der Waals surface area (Å²) in [6, 6.07) is 16.0. The highest BCUT2D eigenvalue weighted by Crippen LogP contribution is 2.27. The molecule has 0 aliphatic rings. The molecule has 0 saturated heterocycles. The number of rotatable bonds is 8. The molecule has 1 unspecified atom stereocenters. The normalized spacial score (nSPS) is 12.0.